The van der Waals surface area contributed by atoms with Crippen molar-refractivity contribution in [3.05, 3.63) is 24.5 Å². The van der Waals surface area contributed by atoms with Gasteiger partial charge in [-0.25, -0.2) is 4.98 Å². The highest BCUT2D eigenvalue weighted by Gasteiger charge is 1.97. The molecule has 0 bridgehead atoms. The van der Waals surface area contributed by atoms with Crippen LogP contribution in [-0.4, -0.2) is 24.9 Å². The molecule has 0 amide bonds. The largest absolute Gasteiger partial charge is 0.481 e. The molecule has 0 fully saturated rings. The molecule has 0 N–H and O–H groups in total. The number of methoxy groups -OCH3 is 1. The van der Waals surface area contributed by atoms with Crippen LogP contribution in [0.5, 0.6) is 5.88 Å². The first-order valence-electron chi connectivity index (χ1n) is 3.85. The normalized spacial score (nSPS) is 10.2. The van der Waals surface area contributed by atoms with Gasteiger partial charge in [0, 0.05) is 17.6 Å². The van der Waals surface area contributed by atoms with E-state index in [0.29, 0.717) is 11.3 Å². The van der Waals surface area contributed by atoms with Crippen LogP contribution in [0.15, 0.2) is 24.5 Å². The molecule has 2 aromatic heterocycles. The van der Waals surface area contributed by atoms with Crippen molar-refractivity contribution in [1.82, 2.24) is 9.97 Å². The first-order valence-corrected chi connectivity index (χ1v) is 3.85. The average molecular weight is 170 g/mol. The SMILES string of the molecule is [B]c1cnc2cnc(OC)cc2c1. The molecule has 4 heteroatoms. The summed E-state index contributed by atoms with van der Waals surface area (Å²) in [5.41, 5.74) is 1.45. The minimum absolute atomic E-state index is 0.569. The topological polar surface area (TPSA) is 35.0 Å². The first kappa shape index (κ1) is 8.04. The molecule has 0 aliphatic rings. The summed E-state index contributed by atoms with van der Waals surface area (Å²) in [6, 6.07) is 3.64. The summed E-state index contributed by atoms with van der Waals surface area (Å²) in [6.07, 6.45) is 3.27. The van der Waals surface area contributed by atoms with Crippen LogP contribution < -0.4 is 10.2 Å². The molecule has 2 rings (SSSR count). The van der Waals surface area contributed by atoms with Crippen molar-refractivity contribution in [3.8, 4) is 5.88 Å². The van der Waals surface area contributed by atoms with E-state index in [1.165, 1.54) is 0 Å². The van der Waals surface area contributed by atoms with Crippen molar-refractivity contribution >= 4 is 24.2 Å². The molecule has 0 aliphatic carbocycles. The van der Waals surface area contributed by atoms with E-state index in [-0.39, 0.29) is 0 Å². The fourth-order valence-corrected chi connectivity index (χ4v) is 1.14. The Kier molecular flexibility index (Phi) is 1.89. The van der Waals surface area contributed by atoms with E-state index in [0.717, 1.165) is 10.9 Å². The molecule has 2 radical (unpaired) electrons. The molecule has 62 valence electrons. The van der Waals surface area contributed by atoms with Crippen molar-refractivity contribution in [2.75, 3.05) is 7.11 Å². The fraction of sp³-hybridized carbons (Fsp3) is 0.111. The summed E-state index contributed by atoms with van der Waals surface area (Å²) < 4.78 is 4.98. The van der Waals surface area contributed by atoms with Crippen LogP contribution in [0.4, 0.5) is 0 Å². The number of rotatable bonds is 1. The van der Waals surface area contributed by atoms with Crippen molar-refractivity contribution in [1.29, 1.82) is 0 Å². The quantitative estimate of drug-likeness (QED) is 0.582. The third-order valence-corrected chi connectivity index (χ3v) is 1.77. The molecule has 0 atom stereocenters. The molecule has 0 saturated carbocycles. The van der Waals surface area contributed by atoms with Gasteiger partial charge in [0.15, 0.2) is 0 Å². The third-order valence-electron chi connectivity index (χ3n) is 1.77. The Morgan fingerprint density at radius 3 is 2.85 bits per heavy atom. The van der Waals surface area contributed by atoms with Gasteiger partial charge in [-0.2, -0.15) is 0 Å². The van der Waals surface area contributed by atoms with E-state index in [1.54, 1.807) is 25.6 Å². The van der Waals surface area contributed by atoms with Gasteiger partial charge >= 0.3 is 0 Å². The van der Waals surface area contributed by atoms with E-state index >= 15 is 0 Å². The highest BCUT2D eigenvalue weighted by atomic mass is 16.5. The zero-order chi connectivity index (χ0) is 9.26. The summed E-state index contributed by atoms with van der Waals surface area (Å²) in [6.45, 7) is 0. The lowest BCUT2D eigenvalue weighted by atomic mass is 9.97. The minimum Gasteiger partial charge on any atom is -0.481 e. The standard InChI is InChI=1S/C9H7BN2O/c1-13-9-3-6-2-7(10)4-11-8(6)5-12-9/h2-5H,1H3. The zero-order valence-corrected chi connectivity index (χ0v) is 7.19. The monoisotopic (exact) mass is 170 g/mol. The fourth-order valence-electron chi connectivity index (χ4n) is 1.14. The van der Waals surface area contributed by atoms with Crippen LogP contribution in [0.2, 0.25) is 0 Å². The zero-order valence-electron chi connectivity index (χ0n) is 7.19. The lowest BCUT2D eigenvalue weighted by Crippen LogP contribution is -2.02. The van der Waals surface area contributed by atoms with Gasteiger partial charge < -0.3 is 4.74 Å². The number of fused-ring (bicyclic) bond motifs is 1. The molecule has 2 heterocycles. The third kappa shape index (κ3) is 1.47. The van der Waals surface area contributed by atoms with Crippen LogP contribution in [0.3, 0.4) is 0 Å². The maximum Gasteiger partial charge on any atom is 0.213 e. The van der Waals surface area contributed by atoms with Crippen molar-refractivity contribution in [2.24, 2.45) is 0 Å². The minimum atomic E-state index is 0.569. The number of aromatic nitrogens is 2. The molecule has 0 saturated heterocycles. The number of hydrogen-bond donors (Lipinski definition) is 0. The smallest absolute Gasteiger partial charge is 0.213 e. The van der Waals surface area contributed by atoms with Crippen molar-refractivity contribution < 1.29 is 4.74 Å². The van der Waals surface area contributed by atoms with E-state index in [2.05, 4.69) is 9.97 Å². The van der Waals surface area contributed by atoms with Gasteiger partial charge in [-0.05, 0) is 0 Å². The van der Waals surface area contributed by atoms with Gasteiger partial charge in [0.1, 0.15) is 7.85 Å². The summed E-state index contributed by atoms with van der Waals surface area (Å²) in [5, 5.41) is 0.937. The van der Waals surface area contributed by atoms with Gasteiger partial charge in [0.25, 0.3) is 0 Å². The first-order chi connectivity index (χ1) is 6.29. The van der Waals surface area contributed by atoms with Crippen LogP contribution in [0.25, 0.3) is 10.9 Å². The molecular weight excluding hydrogens is 163 g/mol. The lowest BCUT2D eigenvalue weighted by Gasteiger charge is -2.01. The van der Waals surface area contributed by atoms with Gasteiger partial charge in [0.2, 0.25) is 5.88 Å². The maximum absolute atomic E-state index is 5.59. The number of nitrogens with zero attached hydrogens (tertiary/aromatic N) is 2. The molecule has 0 aromatic carbocycles. The second-order valence-electron chi connectivity index (χ2n) is 2.69. The number of hydrogen-bond acceptors (Lipinski definition) is 3. The van der Waals surface area contributed by atoms with Crippen molar-refractivity contribution in [3.63, 3.8) is 0 Å². The van der Waals surface area contributed by atoms with Crippen LogP contribution in [-0.2, 0) is 0 Å². The lowest BCUT2D eigenvalue weighted by molar-refractivity contribution is 0.398. The van der Waals surface area contributed by atoms with Crippen LogP contribution in [0, 0.1) is 0 Å². The Bertz CT molecular complexity index is 445. The molecular formula is C9H7BN2O. The van der Waals surface area contributed by atoms with Gasteiger partial charge in [-0.1, -0.05) is 11.5 Å². The Labute approximate surface area is 77.2 Å². The molecule has 0 spiro atoms. The summed E-state index contributed by atoms with van der Waals surface area (Å²) in [4.78, 5) is 8.14. The van der Waals surface area contributed by atoms with Crippen molar-refractivity contribution in [2.45, 2.75) is 0 Å². The Morgan fingerprint density at radius 2 is 2.08 bits per heavy atom. The second kappa shape index (κ2) is 3.05. The Morgan fingerprint density at radius 1 is 1.23 bits per heavy atom. The maximum atomic E-state index is 5.59. The van der Waals surface area contributed by atoms with E-state index in [1.807, 2.05) is 6.07 Å². The van der Waals surface area contributed by atoms with Crippen LogP contribution >= 0.6 is 0 Å². The highest BCUT2D eigenvalue weighted by Crippen LogP contribution is 2.13. The van der Waals surface area contributed by atoms with Gasteiger partial charge in [0.05, 0.1) is 18.8 Å². The summed E-state index contributed by atoms with van der Waals surface area (Å²) in [7, 11) is 7.17. The van der Waals surface area contributed by atoms with Gasteiger partial charge in [-0.3, -0.25) is 4.98 Å². The van der Waals surface area contributed by atoms with E-state index in [9.17, 15) is 0 Å². The molecule has 0 aliphatic heterocycles. The Balaban J connectivity index is 2.68. The highest BCUT2D eigenvalue weighted by molar-refractivity contribution is 6.32. The predicted octanol–water partition coefficient (Wildman–Crippen LogP) is 0.432. The second-order valence-corrected chi connectivity index (χ2v) is 2.69. The van der Waals surface area contributed by atoms with Crippen LogP contribution in [0.1, 0.15) is 0 Å². The number of ether oxygens (including phenoxy) is 1. The number of pyridine rings is 2. The molecule has 13 heavy (non-hydrogen) atoms. The summed E-state index contributed by atoms with van der Waals surface area (Å²) >= 11 is 0. The van der Waals surface area contributed by atoms with Gasteiger partial charge in [-0.15, -0.1) is 0 Å². The summed E-state index contributed by atoms with van der Waals surface area (Å²) in [5.74, 6) is 0.569. The predicted molar refractivity (Wildman–Crippen MR) is 51.5 cm³/mol. The molecule has 2 aromatic rings. The van der Waals surface area contributed by atoms with E-state index < -0.39 is 0 Å². The Hall–Kier alpha value is -1.58. The van der Waals surface area contributed by atoms with E-state index in [4.69, 9.17) is 12.6 Å². The molecule has 3 nitrogen and oxygen atoms in total. The molecule has 0 unspecified atom stereocenters. The average Bonchev–Trinajstić information content (AvgIpc) is 2.16.